The average molecular weight is 274 g/mol. The molecule has 1 aliphatic heterocycles. The molecule has 0 aromatic carbocycles. The minimum absolute atomic E-state index is 0.0961. The Balaban J connectivity index is 2.13. The Morgan fingerprint density at radius 3 is 2.72 bits per heavy atom. The van der Waals surface area contributed by atoms with Crippen LogP contribution < -0.4 is 10.6 Å². The van der Waals surface area contributed by atoms with Gasteiger partial charge in [-0.25, -0.2) is 4.79 Å². The molecule has 1 heterocycles. The van der Waals surface area contributed by atoms with Crippen molar-refractivity contribution in [2.75, 3.05) is 18.8 Å². The zero-order valence-electron chi connectivity index (χ0n) is 11.7. The van der Waals surface area contributed by atoms with Crippen molar-refractivity contribution in [1.29, 1.82) is 0 Å². The second kappa shape index (κ2) is 7.24. The van der Waals surface area contributed by atoms with Crippen LogP contribution in [0, 0.1) is 5.92 Å². The number of aliphatic hydroxyl groups excluding tert-OH is 1. The second-order valence-electron chi connectivity index (χ2n) is 5.66. The number of thioether (sulfide) groups is 1. The van der Waals surface area contributed by atoms with Crippen molar-refractivity contribution >= 4 is 17.8 Å². The number of hydrogen-bond donors (Lipinski definition) is 3. The normalized spacial score (nSPS) is 26.7. The topological polar surface area (TPSA) is 61.4 Å². The molecule has 0 aliphatic carbocycles. The molecule has 0 saturated carbocycles. The van der Waals surface area contributed by atoms with Gasteiger partial charge in [0.15, 0.2) is 0 Å². The van der Waals surface area contributed by atoms with Crippen molar-refractivity contribution in [3.8, 4) is 0 Å². The molecule has 3 atom stereocenters. The SMILES string of the molecule is CC(O)CC(C)CNC(=O)NCC1(C)CCCS1. The largest absolute Gasteiger partial charge is 0.393 e. The zero-order valence-corrected chi connectivity index (χ0v) is 12.5. The van der Waals surface area contributed by atoms with E-state index in [-0.39, 0.29) is 16.9 Å². The van der Waals surface area contributed by atoms with Crippen molar-refractivity contribution in [1.82, 2.24) is 10.6 Å². The number of urea groups is 1. The van der Waals surface area contributed by atoms with Gasteiger partial charge < -0.3 is 15.7 Å². The molecule has 2 amide bonds. The van der Waals surface area contributed by atoms with Gasteiger partial charge in [0.1, 0.15) is 0 Å². The number of nitrogens with one attached hydrogen (secondary N) is 2. The van der Waals surface area contributed by atoms with E-state index >= 15 is 0 Å². The minimum Gasteiger partial charge on any atom is -0.393 e. The quantitative estimate of drug-likeness (QED) is 0.694. The molecule has 106 valence electrons. The third-order valence-electron chi connectivity index (χ3n) is 3.28. The average Bonchev–Trinajstić information content (AvgIpc) is 2.70. The van der Waals surface area contributed by atoms with Crippen molar-refractivity contribution < 1.29 is 9.90 Å². The summed E-state index contributed by atoms with van der Waals surface area (Å²) in [6.07, 6.45) is 2.83. The van der Waals surface area contributed by atoms with Gasteiger partial charge in [0.25, 0.3) is 0 Å². The van der Waals surface area contributed by atoms with Crippen LogP contribution >= 0.6 is 11.8 Å². The minimum atomic E-state index is -0.307. The third-order valence-corrected chi connectivity index (χ3v) is 4.82. The van der Waals surface area contributed by atoms with Gasteiger partial charge in [-0.2, -0.15) is 11.8 Å². The number of hydrogen-bond acceptors (Lipinski definition) is 3. The zero-order chi connectivity index (χ0) is 13.6. The van der Waals surface area contributed by atoms with E-state index < -0.39 is 0 Å². The Labute approximate surface area is 114 Å². The molecule has 1 saturated heterocycles. The van der Waals surface area contributed by atoms with E-state index in [4.69, 9.17) is 0 Å². The monoisotopic (exact) mass is 274 g/mol. The van der Waals surface area contributed by atoms with E-state index in [2.05, 4.69) is 17.6 Å². The number of carbonyl (C=O) groups is 1. The summed E-state index contributed by atoms with van der Waals surface area (Å²) in [5, 5.41) is 15.0. The Kier molecular flexibility index (Phi) is 6.29. The lowest BCUT2D eigenvalue weighted by atomic mass is 10.0. The maximum absolute atomic E-state index is 11.6. The Bertz CT molecular complexity index is 266. The van der Waals surface area contributed by atoms with Gasteiger partial charge in [-0.15, -0.1) is 0 Å². The van der Waals surface area contributed by atoms with Gasteiger partial charge in [0.05, 0.1) is 6.10 Å². The predicted octanol–water partition coefficient (Wildman–Crippen LogP) is 1.98. The maximum atomic E-state index is 11.6. The summed E-state index contributed by atoms with van der Waals surface area (Å²) in [7, 11) is 0. The number of aliphatic hydroxyl groups is 1. The highest BCUT2D eigenvalue weighted by Gasteiger charge is 2.29. The maximum Gasteiger partial charge on any atom is 0.314 e. The summed E-state index contributed by atoms with van der Waals surface area (Å²) in [6.45, 7) is 7.35. The molecule has 1 fully saturated rings. The standard InChI is InChI=1S/C13H26N2O2S/c1-10(7-11(2)16)8-14-12(17)15-9-13(3)5-4-6-18-13/h10-11,16H,4-9H2,1-3H3,(H2,14,15,17). The first kappa shape index (κ1) is 15.6. The second-order valence-corrected chi connectivity index (χ2v) is 7.34. The molecule has 1 rings (SSSR count). The first-order valence-electron chi connectivity index (χ1n) is 6.75. The summed E-state index contributed by atoms with van der Waals surface area (Å²) in [5.74, 6) is 1.50. The first-order valence-corrected chi connectivity index (χ1v) is 7.73. The molecule has 0 aromatic rings. The van der Waals surface area contributed by atoms with E-state index in [0.29, 0.717) is 18.9 Å². The van der Waals surface area contributed by atoms with Gasteiger partial charge in [0, 0.05) is 17.8 Å². The number of amides is 2. The third kappa shape index (κ3) is 5.96. The number of carbonyl (C=O) groups excluding carboxylic acids is 1. The Morgan fingerprint density at radius 2 is 2.17 bits per heavy atom. The molecule has 0 spiro atoms. The highest BCUT2D eigenvalue weighted by Crippen LogP contribution is 2.36. The van der Waals surface area contributed by atoms with Gasteiger partial charge in [0.2, 0.25) is 0 Å². The fourth-order valence-electron chi connectivity index (χ4n) is 2.24. The van der Waals surface area contributed by atoms with Gasteiger partial charge in [-0.3, -0.25) is 0 Å². The molecule has 0 bridgehead atoms. The summed E-state index contributed by atoms with van der Waals surface area (Å²) in [6, 6.07) is -0.0961. The summed E-state index contributed by atoms with van der Waals surface area (Å²) in [5.41, 5.74) is 0. The van der Waals surface area contributed by atoms with Crippen molar-refractivity contribution in [2.24, 2.45) is 5.92 Å². The van der Waals surface area contributed by atoms with Crippen LogP contribution in [0.2, 0.25) is 0 Å². The fourth-order valence-corrected chi connectivity index (χ4v) is 3.48. The molecule has 1 aliphatic rings. The van der Waals surface area contributed by atoms with Crippen molar-refractivity contribution in [2.45, 2.75) is 50.9 Å². The molecule has 0 aromatic heterocycles. The predicted molar refractivity (Wildman–Crippen MR) is 77.0 cm³/mol. The van der Waals surface area contributed by atoms with Gasteiger partial charge >= 0.3 is 6.03 Å². The van der Waals surface area contributed by atoms with E-state index in [1.807, 2.05) is 18.7 Å². The van der Waals surface area contributed by atoms with E-state index in [1.165, 1.54) is 18.6 Å². The number of rotatable bonds is 6. The molecule has 18 heavy (non-hydrogen) atoms. The Hall–Kier alpha value is -0.420. The molecule has 3 unspecified atom stereocenters. The van der Waals surface area contributed by atoms with E-state index in [9.17, 15) is 9.90 Å². The smallest absolute Gasteiger partial charge is 0.314 e. The Morgan fingerprint density at radius 1 is 1.44 bits per heavy atom. The molecule has 4 nitrogen and oxygen atoms in total. The lowest BCUT2D eigenvalue weighted by Crippen LogP contribution is -2.43. The van der Waals surface area contributed by atoms with Crippen LogP contribution in [0.3, 0.4) is 0 Å². The van der Waals surface area contributed by atoms with Crippen LogP contribution in [0.25, 0.3) is 0 Å². The van der Waals surface area contributed by atoms with Crippen molar-refractivity contribution in [3.63, 3.8) is 0 Å². The van der Waals surface area contributed by atoms with Crippen molar-refractivity contribution in [3.05, 3.63) is 0 Å². The molecule has 0 radical (unpaired) electrons. The van der Waals surface area contributed by atoms with Crippen LogP contribution in [-0.4, -0.2) is 40.8 Å². The lowest BCUT2D eigenvalue weighted by molar-refractivity contribution is 0.163. The first-order chi connectivity index (χ1) is 8.41. The molecule has 3 N–H and O–H groups in total. The van der Waals surface area contributed by atoms with Gasteiger partial charge in [-0.1, -0.05) is 6.92 Å². The highest BCUT2D eigenvalue weighted by atomic mass is 32.2. The van der Waals surface area contributed by atoms with Crippen LogP contribution in [-0.2, 0) is 0 Å². The molecular formula is C13H26N2O2S. The summed E-state index contributed by atoms with van der Waals surface area (Å²) < 4.78 is 0.211. The highest BCUT2D eigenvalue weighted by molar-refractivity contribution is 8.00. The summed E-state index contributed by atoms with van der Waals surface area (Å²) >= 11 is 1.94. The lowest BCUT2D eigenvalue weighted by Gasteiger charge is -2.23. The van der Waals surface area contributed by atoms with Crippen LogP contribution in [0.1, 0.15) is 40.0 Å². The van der Waals surface area contributed by atoms with Crippen LogP contribution in [0.4, 0.5) is 4.79 Å². The fraction of sp³-hybridized carbons (Fsp3) is 0.923. The molecular weight excluding hydrogens is 248 g/mol. The van der Waals surface area contributed by atoms with Gasteiger partial charge in [-0.05, 0) is 44.8 Å². The van der Waals surface area contributed by atoms with E-state index in [0.717, 1.165) is 6.54 Å². The van der Waals surface area contributed by atoms with E-state index in [1.54, 1.807) is 6.92 Å². The summed E-state index contributed by atoms with van der Waals surface area (Å²) in [4.78, 5) is 11.6. The van der Waals surface area contributed by atoms with Crippen LogP contribution in [0.5, 0.6) is 0 Å². The molecule has 5 heteroatoms. The van der Waals surface area contributed by atoms with Crippen LogP contribution in [0.15, 0.2) is 0 Å².